The number of hydrogen-bond acceptors (Lipinski definition) is 5. The molecule has 2 aromatic carbocycles. The molecule has 2 bridgehead atoms. The summed E-state index contributed by atoms with van der Waals surface area (Å²) in [6, 6.07) is 16.7. The minimum atomic E-state index is -1.14. The number of aliphatic hydroxyl groups excluding tert-OH is 1. The number of para-hydroxylation sites is 1. The molecule has 3 saturated heterocycles. The van der Waals surface area contributed by atoms with Crippen LogP contribution >= 0.6 is 0 Å². The number of nitrogens with zero attached hydrogens (tertiary/aromatic N) is 1. The van der Waals surface area contributed by atoms with Crippen LogP contribution in [0.5, 0.6) is 0 Å². The predicted octanol–water partition coefficient (Wildman–Crippen LogP) is 3.04. The Balaban J connectivity index is 1.55. The van der Waals surface area contributed by atoms with Crippen LogP contribution in [-0.4, -0.2) is 58.1 Å². The van der Waals surface area contributed by atoms with E-state index in [1.54, 1.807) is 12.1 Å². The lowest BCUT2D eigenvalue weighted by molar-refractivity contribution is -0.149. The second-order valence-electron chi connectivity index (χ2n) is 10.6. The van der Waals surface area contributed by atoms with Gasteiger partial charge in [0.15, 0.2) is 0 Å². The molecule has 1 spiro atoms. The number of fused-ring (bicyclic) bond motifs is 1. The van der Waals surface area contributed by atoms with Crippen LogP contribution in [0, 0.1) is 11.8 Å². The van der Waals surface area contributed by atoms with Gasteiger partial charge in [0.05, 0.1) is 30.1 Å². The first kappa shape index (κ1) is 25.4. The maximum atomic E-state index is 14.3. The third-order valence-corrected chi connectivity index (χ3v) is 8.31. The lowest BCUT2D eigenvalue weighted by Crippen LogP contribution is -2.56. The number of unbranched alkanes of at least 4 members (excludes halogenated alkanes) is 1. The van der Waals surface area contributed by atoms with Gasteiger partial charge in [0.2, 0.25) is 17.7 Å². The standard InChI is InChI=1S/C29H35N3O5/c1-3-4-17-30-26(35)24-29-16-15-28(2,37-29)22(25(34)31-20-13-9-6-10-14-20)23(29)27(36)32(24)21(18-33)19-11-7-5-8-12-19/h5-14,21-24,33H,3-4,15-18H2,1-2H3,(H,30,35)(H,31,34)/t21-,22-,23+,24?,28+,29?/m1/s1. The van der Waals surface area contributed by atoms with Gasteiger partial charge in [-0.3, -0.25) is 14.4 Å². The fourth-order valence-corrected chi connectivity index (χ4v) is 6.66. The summed E-state index contributed by atoms with van der Waals surface area (Å²) in [5.41, 5.74) is -0.633. The molecule has 2 unspecified atom stereocenters. The van der Waals surface area contributed by atoms with E-state index in [1.165, 1.54) is 4.90 Å². The number of nitrogens with one attached hydrogen (secondary N) is 2. The molecule has 8 nitrogen and oxygen atoms in total. The quantitative estimate of drug-likeness (QED) is 0.454. The van der Waals surface area contributed by atoms with Crippen molar-refractivity contribution in [2.45, 2.75) is 62.8 Å². The Kier molecular flexibility index (Phi) is 6.81. The highest BCUT2D eigenvalue weighted by Crippen LogP contribution is 2.64. The molecule has 3 fully saturated rings. The highest BCUT2D eigenvalue weighted by molar-refractivity contribution is 6.02. The molecule has 5 rings (SSSR count). The Labute approximate surface area is 217 Å². The van der Waals surface area contributed by atoms with E-state index in [0.29, 0.717) is 25.1 Å². The van der Waals surface area contributed by atoms with Crippen molar-refractivity contribution < 1.29 is 24.2 Å². The number of rotatable bonds is 9. The molecular weight excluding hydrogens is 470 g/mol. The van der Waals surface area contributed by atoms with Crippen molar-refractivity contribution in [3.05, 3.63) is 66.2 Å². The van der Waals surface area contributed by atoms with E-state index in [1.807, 2.05) is 62.4 Å². The van der Waals surface area contributed by atoms with Crippen LogP contribution in [0.3, 0.4) is 0 Å². The molecule has 196 valence electrons. The maximum absolute atomic E-state index is 14.3. The van der Waals surface area contributed by atoms with Crippen LogP contribution in [0.1, 0.15) is 51.1 Å². The van der Waals surface area contributed by atoms with Gasteiger partial charge in [0.1, 0.15) is 11.6 Å². The minimum absolute atomic E-state index is 0.291. The Bertz CT molecular complexity index is 1160. The zero-order chi connectivity index (χ0) is 26.2. The molecular formula is C29H35N3O5. The van der Waals surface area contributed by atoms with Crippen molar-refractivity contribution >= 4 is 23.4 Å². The number of likely N-dealkylation sites (tertiary alicyclic amines) is 1. The number of benzene rings is 2. The third-order valence-electron chi connectivity index (χ3n) is 8.31. The summed E-state index contributed by atoms with van der Waals surface area (Å²) in [5.74, 6) is -2.50. The Morgan fingerprint density at radius 2 is 1.76 bits per heavy atom. The number of amides is 3. The fourth-order valence-electron chi connectivity index (χ4n) is 6.66. The molecule has 37 heavy (non-hydrogen) atoms. The van der Waals surface area contributed by atoms with Crippen molar-refractivity contribution in [2.75, 3.05) is 18.5 Å². The van der Waals surface area contributed by atoms with E-state index < -0.39 is 35.1 Å². The largest absolute Gasteiger partial charge is 0.394 e. The van der Waals surface area contributed by atoms with Gasteiger partial charge in [-0.2, -0.15) is 0 Å². The highest BCUT2D eigenvalue weighted by Gasteiger charge is 2.78. The zero-order valence-electron chi connectivity index (χ0n) is 21.4. The first-order chi connectivity index (χ1) is 17.9. The molecule has 0 aliphatic carbocycles. The second-order valence-corrected chi connectivity index (χ2v) is 10.6. The lowest BCUT2D eigenvalue weighted by Gasteiger charge is -2.37. The van der Waals surface area contributed by atoms with Crippen molar-refractivity contribution in [3.8, 4) is 0 Å². The molecule has 3 aliphatic rings. The smallest absolute Gasteiger partial charge is 0.245 e. The zero-order valence-corrected chi connectivity index (χ0v) is 21.4. The van der Waals surface area contributed by atoms with E-state index in [0.717, 1.165) is 18.4 Å². The van der Waals surface area contributed by atoms with E-state index in [-0.39, 0.29) is 24.3 Å². The van der Waals surface area contributed by atoms with Crippen molar-refractivity contribution in [3.63, 3.8) is 0 Å². The molecule has 8 heteroatoms. The van der Waals surface area contributed by atoms with E-state index in [9.17, 15) is 19.5 Å². The van der Waals surface area contributed by atoms with Gasteiger partial charge in [-0.15, -0.1) is 0 Å². The molecule has 0 aromatic heterocycles. The molecule has 3 heterocycles. The van der Waals surface area contributed by atoms with Crippen LogP contribution < -0.4 is 10.6 Å². The van der Waals surface area contributed by atoms with Crippen LogP contribution in [0.15, 0.2) is 60.7 Å². The summed E-state index contributed by atoms with van der Waals surface area (Å²) in [4.78, 5) is 43.2. The molecule has 2 aromatic rings. The van der Waals surface area contributed by atoms with Crippen LogP contribution in [0.2, 0.25) is 0 Å². The first-order valence-corrected chi connectivity index (χ1v) is 13.2. The normalized spacial score (nSPS) is 30.7. The average molecular weight is 506 g/mol. The number of ether oxygens (including phenoxy) is 1. The van der Waals surface area contributed by atoms with E-state index in [2.05, 4.69) is 10.6 Å². The summed E-state index contributed by atoms with van der Waals surface area (Å²) < 4.78 is 6.65. The van der Waals surface area contributed by atoms with Crippen LogP contribution in [0.25, 0.3) is 0 Å². The topological polar surface area (TPSA) is 108 Å². The Morgan fingerprint density at radius 1 is 1.08 bits per heavy atom. The highest BCUT2D eigenvalue weighted by atomic mass is 16.5. The number of carbonyl (C=O) groups excluding carboxylic acids is 3. The summed E-state index contributed by atoms with van der Waals surface area (Å²) >= 11 is 0. The first-order valence-electron chi connectivity index (χ1n) is 13.2. The van der Waals surface area contributed by atoms with Gasteiger partial charge in [0.25, 0.3) is 0 Å². The summed E-state index contributed by atoms with van der Waals surface area (Å²) in [7, 11) is 0. The van der Waals surface area contributed by atoms with E-state index in [4.69, 9.17) is 4.74 Å². The monoisotopic (exact) mass is 505 g/mol. The lowest BCUT2D eigenvalue weighted by atomic mass is 9.66. The van der Waals surface area contributed by atoms with Crippen molar-refractivity contribution in [2.24, 2.45) is 11.8 Å². The number of carbonyl (C=O) groups is 3. The third kappa shape index (κ3) is 4.12. The SMILES string of the molecule is CCCCNC(=O)C1N([C@H](CO)c2ccccc2)C(=O)[C@@H]2[C@H](C(=O)Nc3ccccc3)[C@]3(C)CCC12O3. The fraction of sp³-hybridized carbons (Fsp3) is 0.483. The van der Waals surface area contributed by atoms with Crippen LogP contribution in [0.4, 0.5) is 5.69 Å². The van der Waals surface area contributed by atoms with Crippen molar-refractivity contribution in [1.29, 1.82) is 0 Å². The molecule has 0 radical (unpaired) electrons. The molecule has 3 amide bonds. The molecule has 0 saturated carbocycles. The van der Waals surface area contributed by atoms with Gasteiger partial charge in [0, 0.05) is 12.2 Å². The molecule has 6 atom stereocenters. The second kappa shape index (κ2) is 9.91. The summed E-state index contributed by atoms with van der Waals surface area (Å²) in [6.07, 6.45) is 2.78. The van der Waals surface area contributed by atoms with Gasteiger partial charge < -0.3 is 25.4 Å². The van der Waals surface area contributed by atoms with Gasteiger partial charge in [-0.05, 0) is 43.9 Å². The summed E-state index contributed by atoms with van der Waals surface area (Å²) in [5, 5.41) is 16.4. The molecule has 3 N–H and O–H groups in total. The van der Waals surface area contributed by atoms with Crippen LogP contribution in [-0.2, 0) is 19.1 Å². The van der Waals surface area contributed by atoms with Crippen molar-refractivity contribution in [1.82, 2.24) is 10.2 Å². The maximum Gasteiger partial charge on any atom is 0.245 e. The number of aliphatic hydroxyl groups is 1. The Hall–Kier alpha value is -3.23. The predicted molar refractivity (Wildman–Crippen MR) is 138 cm³/mol. The molecule has 3 aliphatic heterocycles. The average Bonchev–Trinajstić information content (AvgIpc) is 3.47. The van der Waals surface area contributed by atoms with Gasteiger partial charge in [-0.25, -0.2) is 0 Å². The van der Waals surface area contributed by atoms with Gasteiger partial charge in [-0.1, -0.05) is 61.9 Å². The summed E-state index contributed by atoms with van der Waals surface area (Å²) in [6.45, 7) is 4.05. The number of anilines is 1. The van der Waals surface area contributed by atoms with E-state index >= 15 is 0 Å². The Morgan fingerprint density at radius 3 is 2.41 bits per heavy atom. The van der Waals surface area contributed by atoms with Gasteiger partial charge >= 0.3 is 0 Å². The number of hydrogen-bond donors (Lipinski definition) is 3. The minimum Gasteiger partial charge on any atom is -0.394 e.